The van der Waals surface area contributed by atoms with Crippen LogP contribution in [0.1, 0.15) is 15.9 Å². The number of halogens is 2. The van der Waals surface area contributed by atoms with Crippen LogP contribution in [0.4, 0.5) is 0 Å². The molecule has 3 aromatic rings. The van der Waals surface area contributed by atoms with Crippen molar-refractivity contribution in [2.24, 2.45) is 0 Å². The lowest BCUT2D eigenvalue weighted by atomic mass is 10.1. The third-order valence-electron chi connectivity index (χ3n) is 3.30. The summed E-state index contributed by atoms with van der Waals surface area (Å²) in [6, 6.07) is 10.6. The highest BCUT2D eigenvalue weighted by molar-refractivity contribution is 7.08. The Morgan fingerprint density at radius 1 is 1.22 bits per heavy atom. The van der Waals surface area contributed by atoms with E-state index < -0.39 is 0 Å². The number of carbonyl (C=O) groups excluding carboxylic acids is 1. The zero-order chi connectivity index (χ0) is 16.2. The van der Waals surface area contributed by atoms with Gasteiger partial charge in [0, 0.05) is 28.7 Å². The molecule has 1 amide bonds. The summed E-state index contributed by atoms with van der Waals surface area (Å²) in [6.45, 7) is 0.372. The number of rotatable bonds is 4. The summed E-state index contributed by atoms with van der Waals surface area (Å²) in [4.78, 5) is 16.7. The van der Waals surface area contributed by atoms with E-state index in [1.54, 1.807) is 35.7 Å². The second-order valence-electron chi connectivity index (χ2n) is 4.83. The Hall–Kier alpha value is -1.88. The Balaban J connectivity index is 1.77. The van der Waals surface area contributed by atoms with E-state index >= 15 is 0 Å². The number of benzene rings is 1. The van der Waals surface area contributed by atoms with Crippen LogP contribution in [0.5, 0.6) is 0 Å². The first kappa shape index (κ1) is 16.0. The summed E-state index contributed by atoms with van der Waals surface area (Å²) >= 11 is 13.5. The van der Waals surface area contributed by atoms with E-state index in [0.29, 0.717) is 22.2 Å². The van der Waals surface area contributed by atoms with E-state index in [2.05, 4.69) is 10.3 Å². The molecule has 3 rings (SSSR count). The van der Waals surface area contributed by atoms with Gasteiger partial charge in [0.25, 0.3) is 5.91 Å². The summed E-state index contributed by atoms with van der Waals surface area (Å²) < 4.78 is 0. The van der Waals surface area contributed by atoms with Crippen molar-refractivity contribution in [3.8, 4) is 11.3 Å². The van der Waals surface area contributed by atoms with Gasteiger partial charge in [0.05, 0.1) is 16.3 Å². The van der Waals surface area contributed by atoms with Gasteiger partial charge in [-0.25, -0.2) is 0 Å². The number of thiophene rings is 1. The molecule has 0 bridgehead atoms. The number of hydrogen-bond acceptors (Lipinski definition) is 3. The maximum absolute atomic E-state index is 12.3. The summed E-state index contributed by atoms with van der Waals surface area (Å²) in [5.41, 5.74) is 3.27. The molecule has 0 atom stereocenters. The van der Waals surface area contributed by atoms with Crippen molar-refractivity contribution in [1.82, 2.24) is 10.3 Å². The second kappa shape index (κ2) is 7.13. The fraction of sp³-hybridized carbons (Fsp3) is 0.0588. The molecule has 0 aliphatic carbocycles. The topological polar surface area (TPSA) is 42.0 Å². The van der Waals surface area contributed by atoms with Crippen molar-refractivity contribution in [3.63, 3.8) is 0 Å². The van der Waals surface area contributed by atoms with Crippen molar-refractivity contribution in [2.45, 2.75) is 6.54 Å². The molecular formula is C17H12Cl2N2OS. The molecule has 0 saturated carbocycles. The average molecular weight is 363 g/mol. The molecule has 0 radical (unpaired) electrons. The van der Waals surface area contributed by atoms with Crippen molar-refractivity contribution in [1.29, 1.82) is 0 Å². The van der Waals surface area contributed by atoms with Crippen LogP contribution < -0.4 is 5.32 Å². The minimum atomic E-state index is -0.244. The molecule has 116 valence electrons. The summed E-state index contributed by atoms with van der Waals surface area (Å²) in [5, 5.41) is 7.74. The first-order chi connectivity index (χ1) is 11.1. The molecule has 0 fully saturated rings. The van der Waals surface area contributed by atoms with Gasteiger partial charge < -0.3 is 5.32 Å². The maximum Gasteiger partial charge on any atom is 0.253 e. The van der Waals surface area contributed by atoms with Gasteiger partial charge in [-0.2, -0.15) is 11.3 Å². The molecule has 2 aromatic heterocycles. The molecule has 2 heterocycles. The van der Waals surface area contributed by atoms with Gasteiger partial charge in [-0.1, -0.05) is 29.3 Å². The van der Waals surface area contributed by atoms with Gasteiger partial charge >= 0.3 is 0 Å². The van der Waals surface area contributed by atoms with E-state index in [4.69, 9.17) is 23.2 Å². The van der Waals surface area contributed by atoms with Crippen LogP contribution in [0, 0.1) is 0 Å². The van der Waals surface area contributed by atoms with Crippen LogP contribution >= 0.6 is 34.5 Å². The highest BCUT2D eigenvalue weighted by Gasteiger charge is 2.12. The fourth-order valence-electron chi connectivity index (χ4n) is 2.18. The van der Waals surface area contributed by atoms with Gasteiger partial charge in [0.1, 0.15) is 0 Å². The average Bonchev–Trinajstić information content (AvgIpc) is 3.07. The van der Waals surface area contributed by atoms with Gasteiger partial charge in [0.15, 0.2) is 0 Å². The van der Waals surface area contributed by atoms with Crippen LogP contribution in [-0.4, -0.2) is 10.9 Å². The summed E-state index contributed by atoms with van der Waals surface area (Å²) in [7, 11) is 0. The summed E-state index contributed by atoms with van der Waals surface area (Å²) in [6.07, 6.45) is 1.74. The molecule has 0 saturated heterocycles. The van der Waals surface area contributed by atoms with Crippen molar-refractivity contribution >= 4 is 40.4 Å². The fourth-order valence-corrected chi connectivity index (χ4v) is 3.32. The van der Waals surface area contributed by atoms with Gasteiger partial charge in [-0.15, -0.1) is 0 Å². The molecule has 6 heteroatoms. The minimum absolute atomic E-state index is 0.244. The molecule has 1 aromatic carbocycles. The minimum Gasteiger partial charge on any atom is -0.348 e. The lowest BCUT2D eigenvalue weighted by Gasteiger charge is -2.10. The highest BCUT2D eigenvalue weighted by Crippen LogP contribution is 2.24. The van der Waals surface area contributed by atoms with Crippen LogP contribution in [0.25, 0.3) is 11.3 Å². The highest BCUT2D eigenvalue weighted by atomic mass is 35.5. The first-order valence-electron chi connectivity index (χ1n) is 6.85. The Labute approximate surface area is 147 Å². The van der Waals surface area contributed by atoms with E-state index in [1.807, 2.05) is 29.0 Å². The van der Waals surface area contributed by atoms with Gasteiger partial charge in [-0.3, -0.25) is 9.78 Å². The largest absolute Gasteiger partial charge is 0.348 e. The second-order valence-corrected chi connectivity index (χ2v) is 6.45. The van der Waals surface area contributed by atoms with Crippen molar-refractivity contribution in [2.75, 3.05) is 0 Å². The Morgan fingerprint density at radius 2 is 2.09 bits per heavy atom. The summed E-state index contributed by atoms with van der Waals surface area (Å²) in [5.74, 6) is -0.244. The van der Waals surface area contributed by atoms with E-state index in [9.17, 15) is 4.79 Å². The Bertz CT molecular complexity index is 834. The molecule has 0 spiro atoms. The first-order valence-corrected chi connectivity index (χ1v) is 8.55. The monoisotopic (exact) mass is 362 g/mol. The third-order valence-corrected chi connectivity index (χ3v) is 4.53. The van der Waals surface area contributed by atoms with E-state index in [0.717, 1.165) is 16.8 Å². The number of hydrogen-bond donors (Lipinski definition) is 1. The molecule has 0 aliphatic heterocycles. The zero-order valence-corrected chi connectivity index (χ0v) is 14.3. The SMILES string of the molecule is O=C(NCc1cccnc1-c1ccsc1)c1ccc(Cl)cc1Cl. The number of amides is 1. The molecule has 0 unspecified atom stereocenters. The van der Waals surface area contributed by atoms with Crippen molar-refractivity contribution in [3.05, 3.63) is 74.5 Å². The number of pyridine rings is 1. The lowest BCUT2D eigenvalue weighted by molar-refractivity contribution is 0.0951. The predicted molar refractivity (Wildman–Crippen MR) is 95.2 cm³/mol. The number of nitrogens with one attached hydrogen (secondary N) is 1. The molecular weight excluding hydrogens is 351 g/mol. The lowest BCUT2D eigenvalue weighted by Crippen LogP contribution is -2.23. The molecule has 1 N–H and O–H groups in total. The Kier molecular flexibility index (Phi) is 4.96. The van der Waals surface area contributed by atoms with Crippen molar-refractivity contribution < 1.29 is 4.79 Å². The smallest absolute Gasteiger partial charge is 0.253 e. The number of aromatic nitrogens is 1. The molecule has 23 heavy (non-hydrogen) atoms. The third kappa shape index (κ3) is 3.72. The Morgan fingerprint density at radius 3 is 2.83 bits per heavy atom. The van der Waals surface area contributed by atoms with Gasteiger partial charge in [0.2, 0.25) is 0 Å². The quantitative estimate of drug-likeness (QED) is 0.705. The predicted octanol–water partition coefficient (Wildman–Crippen LogP) is 5.05. The normalized spacial score (nSPS) is 10.5. The standard InChI is InChI=1S/C17H12Cl2N2OS/c18-13-3-4-14(15(19)8-13)17(22)21-9-11-2-1-6-20-16(11)12-5-7-23-10-12/h1-8,10H,9H2,(H,21,22). The van der Waals surface area contributed by atoms with E-state index in [1.165, 1.54) is 0 Å². The maximum atomic E-state index is 12.3. The molecule has 0 aliphatic rings. The molecule has 3 nitrogen and oxygen atoms in total. The number of carbonyl (C=O) groups is 1. The number of nitrogens with zero attached hydrogens (tertiary/aromatic N) is 1. The van der Waals surface area contributed by atoms with Gasteiger partial charge in [-0.05, 0) is 41.3 Å². The zero-order valence-electron chi connectivity index (χ0n) is 11.9. The van der Waals surface area contributed by atoms with Crippen LogP contribution in [0.15, 0.2) is 53.4 Å². The van der Waals surface area contributed by atoms with E-state index in [-0.39, 0.29) is 5.91 Å². The van der Waals surface area contributed by atoms with Crippen LogP contribution in [0.2, 0.25) is 10.0 Å². The van der Waals surface area contributed by atoms with Crippen LogP contribution in [-0.2, 0) is 6.54 Å². The van der Waals surface area contributed by atoms with Crippen LogP contribution in [0.3, 0.4) is 0 Å².